The van der Waals surface area contributed by atoms with Gasteiger partial charge in [-0.15, -0.1) is 0 Å². The van der Waals surface area contributed by atoms with E-state index in [1.165, 1.54) is 6.20 Å². The van der Waals surface area contributed by atoms with Crippen LogP contribution in [0.4, 0.5) is 17.6 Å². The van der Waals surface area contributed by atoms with Crippen LogP contribution in [-0.4, -0.2) is 50.7 Å². The predicted molar refractivity (Wildman–Crippen MR) is 112 cm³/mol. The van der Waals surface area contributed by atoms with Crippen molar-refractivity contribution >= 4 is 17.6 Å². The van der Waals surface area contributed by atoms with E-state index in [1.807, 2.05) is 23.1 Å². The molecule has 158 valence electrons. The Morgan fingerprint density at radius 3 is 2.81 bits per heavy atom. The van der Waals surface area contributed by atoms with Gasteiger partial charge < -0.3 is 25.1 Å². The summed E-state index contributed by atoms with van der Waals surface area (Å²) in [5.41, 5.74) is 1.76. The number of aromatic nitrogens is 4. The maximum absolute atomic E-state index is 10.9. The lowest BCUT2D eigenvalue weighted by Gasteiger charge is -2.25. The molecule has 0 saturated heterocycles. The van der Waals surface area contributed by atoms with Crippen LogP contribution < -0.4 is 15.0 Å². The van der Waals surface area contributed by atoms with E-state index in [2.05, 4.69) is 26.3 Å². The van der Waals surface area contributed by atoms with Crippen LogP contribution in [0.15, 0.2) is 42.7 Å². The summed E-state index contributed by atoms with van der Waals surface area (Å²) in [6.45, 7) is 2.65. The number of fused-ring (bicyclic) bond motifs is 1. The predicted octanol–water partition coefficient (Wildman–Crippen LogP) is 2.01. The van der Waals surface area contributed by atoms with Crippen molar-refractivity contribution in [2.75, 3.05) is 36.5 Å². The number of hydrogen-bond acceptors (Lipinski definition) is 9. The van der Waals surface area contributed by atoms with Gasteiger partial charge in [0.05, 0.1) is 18.2 Å². The summed E-state index contributed by atoms with van der Waals surface area (Å²) >= 11 is 0. The van der Waals surface area contributed by atoms with E-state index in [0.29, 0.717) is 44.3 Å². The molecule has 0 saturated carbocycles. The number of hydrogen-bond donors (Lipinski definition) is 1. The summed E-state index contributed by atoms with van der Waals surface area (Å²) in [5.74, 6) is 1.05. The first kappa shape index (κ1) is 20.1. The Labute approximate surface area is 178 Å². The Balaban J connectivity index is 1.37. The minimum atomic E-state index is -0.529. The highest BCUT2D eigenvalue weighted by Crippen LogP contribution is 2.20. The Kier molecular flexibility index (Phi) is 5.89. The number of nitro groups is 1. The molecule has 0 aliphatic carbocycles. The van der Waals surface area contributed by atoms with Gasteiger partial charge in [-0.05, 0) is 35.1 Å². The number of nitriles is 1. The maximum atomic E-state index is 10.9. The number of ether oxygens (including phenoxy) is 1. The van der Waals surface area contributed by atoms with Crippen LogP contribution >= 0.6 is 0 Å². The standard InChI is InChI=1S/C20H20N8O3/c21-13-16-3-1-15(2-4-16)5-7-22-19-23-8-6-17(24-19)26-9-10-27-14-18(28(29)30)25-20(27)31-12-11-26/h1-4,6,8,14H,5,7,9-12H2,(H,22,23,24). The van der Waals surface area contributed by atoms with Gasteiger partial charge >= 0.3 is 11.8 Å². The van der Waals surface area contributed by atoms with Crippen molar-refractivity contribution in [2.45, 2.75) is 13.0 Å². The van der Waals surface area contributed by atoms with Gasteiger partial charge in [0.2, 0.25) is 5.95 Å². The van der Waals surface area contributed by atoms with Crippen molar-refractivity contribution < 1.29 is 9.66 Å². The van der Waals surface area contributed by atoms with Gasteiger partial charge in [0.25, 0.3) is 0 Å². The minimum Gasteiger partial charge on any atom is -0.444 e. The van der Waals surface area contributed by atoms with Crippen LogP contribution in [0.1, 0.15) is 11.1 Å². The molecule has 3 aromatic rings. The molecule has 0 bridgehead atoms. The fourth-order valence-electron chi connectivity index (χ4n) is 3.24. The summed E-state index contributed by atoms with van der Waals surface area (Å²) < 4.78 is 7.24. The summed E-state index contributed by atoms with van der Waals surface area (Å²) in [5, 5.41) is 23.0. The lowest BCUT2D eigenvalue weighted by Crippen LogP contribution is -2.34. The number of imidazole rings is 1. The van der Waals surface area contributed by atoms with Crippen LogP contribution in [-0.2, 0) is 13.0 Å². The van der Waals surface area contributed by atoms with Crippen molar-refractivity contribution in [3.63, 3.8) is 0 Å². The largest absolute Gasteiger partial charge is 0.444 e. The number of benzene rings is 1. The van der Waals surface area contributed by atoms with Gasteiger partial charge in [-0.2, -0.15) is 10.2 Å². The zero-order valence-corrected chi connectivity index (χ0v) is 16.6. The van der Waals surface area contributed by atoms with Crippen LogP contribution in [0.3, 0.4) is 0 Å². The first-order valence-electron chi connectivity index (χ1n) is 9.77. The van der Waals surface area contributed by atoms with Gasteiger partial charge in [0.15, 0.2) is 0 Å². The van der Waals surface area contributed by atoms with E-state index in [0.717, 1.165) is 17.8 Å². The first-order valence-corrected chi connectivity index (χ1v) is 9.77. The highest BCUT2D eigenvalue weighted by Gasteiger charge is 2.23. The Bertz CT molecular complexity index is 1110. The lowest BCUT2D eigenvalue weighted by molar-refractivity contribution is -0.389. The third kappa shape index (κ3) is 4.87. The second kappa shape index (κ2) is 9.08. The first-order chi connectivity index (χ1) is 15.1. The van der Waals surface area contributed by atoms with E-state index >= 15 is 0 Å². The molecule has 0 atom stereocenters. The molecule has 2 aromatic heterocycles. The maximum Gasteiger partial charge on any atom is 0.414 e. The number of anilines is 2. The monoisotopic (exact) mass is 420 g/mol. The molecule has 0 amide bonds. The fourth-order valence-corrected chi connectivity index (χ4v) is 3.24. The smallest absolute Gasteiger partial charge is 0.414 e. The third-order valence-electron chi connectivity index (χ3n) is 4.86. The van der Waals surface area contributed by atoms with Crippen LogP contribution in [0, 0.1) is 21.4 Å². The molecule has 0 spiro atoms. The SMILES string of the molecule is N#Cc1ccc(CCNc2nccc(N3CCOc4nc([N+](=O)[O-])cn4CC3)n2)cc1. The average molecular weight is 420 g/mol. The van der Waals surface area contributed by atoms with E-state index < -0.39 is 4.92 Å². The number of nitrogens with zero attached hydrogens (tertiary/aromatic N) is 7. The molecule has 11 heteroatoms. The second-order valence-corrected chi connectivity index (χ2v) is 6.89. The molecular weight excluding hydrogens is 400 g/mol. The van der Waals surface area contributed by atoms with E-state index in [9.17, 15) is 10.1 Å². The summed E-state index contributed by atoms with van der Waals surface area (Å²) in [7, 11) is 0. The number of nitrogens with one attached hydrogen (secondary N) is 1. The molecule has 0 unspecified atom stereocenters. The Morgan fingerprint density at radius 2 is 2.03 bits per heavy atom. The Morgan fingerprint density at radius 1 is 1.19 bits per heavy atom. The molecule has 0 radical (unpaired) electrons. The highest BCUT2D eigenvalue weighted by atomic mass is 16.6. The average Bonchev–Trinajstić information content (AvgIpc) is 3.17. The topological polar surface area (TPSA) is 135 Å². The quantitative estimate of drug-likeness (QED) is 0.469. The van der Waals surface area contributed by atoms with E-state index in [4.69, 9.17) is 10.00 Å². The van der Waals surface area contributed by atoms with E-state index in [-0.39, 0.29) is 11.8 Å². The summed E-state index contributed by atoms with van der Waals surface area (Å²) in [6, 6.07) is 11.7. The van der Waals surface area contributed by atoms with Crippen molar-refractivity contribution in [1.29, 1.82) is 5.26 Å². The Hall–Kier alpha value is -4.20. The molecule has 1 N–H and O–H groups in total. The van der Waals surface area contributed by atoms with Crippen LogP contribution in [0.25, 0.3) is 0 Å². The molecular formula is C20H20N8O3. The lowest BCUT2D eigenvalue weighted by atomic mass is 10.1. The third-order valence-corrected chi connectivity index (χ3v) is 4.86. The number of rotatable bonds is 6. The normalized spacial score (nSPS) is 13.3. The van der Waals surface area contributed by atoms with E-state index in [1.54, 1.807) is 22.9 Å². The molecule has 0 fully saturated rings. The zero-order valence-electron chi connectivity index (χ0n) is 16.6. The van der Waals surface area contributed by atoms with Gasteiger partial charge in [-0.25, -0.2) is 4.98 Å². The molecule has 4 rings (SSSR count). The zero-order chi connectivity index (χ0) is 21.6. The minimum absolute atomic E-state index is 0.223. The molecule has 1 aromatic carbocycles. The molecule has 1 aliphatic rings. The van der Waals surface area contributed by atoms with Crippen molar-refractivity contribution in [2.24, 2.45) is 0 Å². The van der Waals surface area contributed by atoms with Gasteiger partial charge in [0.1, 0.15) is 18.6 Å². The van der Waals surface area contributed by atoms with Crippen molar-refractivity contribution in [1.82, 2.24) is 19.5 Å². The fraction of sp³-hybridized carbons (Fsp3) is 0.300. The van der Waals surface area contributed by atoms with Gasteiger partial charge in [-0.3, -0.25) is 4.57 Å². The second-order valence-electron chi connectivity index (χ2n) is 6.89. The van der Waals surface area contributed by atoms with Crippen molar-refractivity contribution in [3.8, 4) is 12.1 Å². The van der Waals surface area contributed by atoms with Gasteiger partial charge in [-0.1, -0.05) is 12.1 Å². The van der Waals surface area contributed by atoms with Gasteiger partial charge in [0, 0.05) is 30.8 Å². The molecule has 1 aliphatic heterocycles. The van der Waals surface area contributed by atoms with Crippen molar-refractivity contribution in [3.05, 3.63) is 64.0 Å². The molecule has 31 heavy (non-hydrogen) atoms. The van der Waals surface area contributed by atoms with Crippen LogP contribution in [0.5, 0.6) is 6.01 Å². The highest BCUT2D eigenvalue weighted by molar-refractivity contribution is 5.43. The molecule has 11 nitrogen and oxygen atoms in total. The van der Waals surface area contributed by atoms with Crippen LogP contribution in [0.2, 0.25) is 0 Å². The molecule has 3 heterocycles. The summed E-state index contributed by atoms with van der Waals surface area (Å²) in [6.07, 6.45) is 3.85. The summed E-state index contributed by atoms with van der Waals surface area (Å²) in [4.78, 5) is 25.2.